The molecule has 0 aromatic heterocycles. The first-order valence-corrected chi connectivity index (χ1v) is 6.63. The Morgan fingerprint density at radius 3 is 2.33 bits per heavy atom. The van der Waals surface area contributed by atoms with Gasteiger partial charge >= 0.3 is 0 Å². The number of aliphatic hydroxyl groups is 1. The van der Waals surface area contributed by atoms with Gasteiger partial charge in [0.25, 0.3) is 0 Å². The summed E-state index contributed by atoms with van der Waals surface area (Å²) in [4.78, 5) is 0. The van der Waals surface area contributed by atoms with Crippen LogP contribution in [-0.2, 0) is 6.54 Å². The van der Waals surface area contributed by atoms with Gasteiger partial charge in [0.1, 0.15) is 17.5 Å². The monoisotopic (exact) mass is 315 g/mol. The topological polar surface area (TPSA) is 32.3 Å². The molecule has 0 aliphatic heterocycles. The van der Waals surface area contributed by atoms with Crippen molar-refractivity contribution in [3.8, 4) is 0 Å². The van der Waals surface area contributed by atoms with Gasteiger partial charge in [-0.05, 0) is 29.8 Å². The van der Waals surface area contributed by atoms with Crippen LogP contribution in [0.15, 0.2) is 36.4 Å². The van der Waals surface area contributed by atoms with E-state index in [0.29, 0.717) is 5.56 Å². The average Bonchev–Trinajstić information content (AvgIpc) is 2.42. The third kappa shape index (κ3) is 3.97. The van der Waals surface area contributed by atoms with E-state index in [1.165, 1.54) is 24.3 Å². The van der Waals surface area contributed by atoms with Crippen LogP contribution in [0, 0.1) is 17.5 Å². The van der Waals surface area contributed by atoms with Gasteiger partial charge in [0.15, 0.2) is 0 Å². The highest BCUT2D eigenvalue weighted by atomic mass is 35.5. The maximum Gasteiger partial charge on any atom is 0.141 e. The molecule has 0 fully saturated rings. The second kappa shape index (κ2) is 6.93. The van der Waals surface area contributed by atoms with Gasteiger partial charge in [-0.2, -0.15) is 0 Å². The summed E-state index contributed by atoms with van der Waals surface area (Å²) in [6.07, 6.45) is -1.32. The van der Waals surface area contributed by atoms with E-state index < -0.39 is 23.6 Å². The molecule has 2 rings (SSSR count). The second-order valence-electron chi connectivity index (χ2n) is 4.53. The van der Waals surface area contributed by atoms with Crippen molar-refractivity contribution in [2.75, 3.05) is 6.54 Å². The molecule has 0 aliphatic carbocycles. The number of benzene rings is 2. The minimum atomic E-state index is -1.32. The van der Waals surface area contributed by atoms with Gasteiger partial charge in [-0.1, -0.05) is 23.7 Å². The first-order valence-electron chi connectivity index (χ1n) is 6.25. The van der Waals surface area contributed by atoms with E-state index >= 15 is 0 Å². The van der Waals surface area contributed by atoms with Gasteiger partial charge in [-0.15, -0.1) is 0 Å². The van der Waals surface area contributed by atoms with E-state index in [4.69, 9.17) is 11.6 Å². The van der Waals surface area contributed by atoms with Crippen LogP contribution in [-0.4, -0.2) is 11.7 Å². The maximum atomic E-state index is 13.5. The largest absolute Gasteiger partial charge is 0.387 e. The Morgan fingerprint density at radius 2 is 1.71 bits per heavy atom. The summed E-state index contributed by atoms with van der Waals surface area (Å²) in [5.41, 5.74) is 0.324. The van der Waals surface area contributed by atoms with Gasteiger partial charge in [-0.3, -0.25) is 0 Å². The predicted octanol–water partition coefficient (Wildman–Crippen LogP) is 3.58. The number of hydrogen-bond acceptors (Lipinski definition) is 2. The van der Waals surface area contributed by atoms with Gasteiger partial charge in [-0.25, -0.2) is 13.2 Å². The van der Waals surface area contributed by atoms with E-state index in [0.717, 1.165) is 12.1 Å². The van der Waals surface area contributed by atoms with E-state index in [1.54, 1.807) is 0 Å². The summed E-state index contributed by atoms with van der Waals surface area (Å²) < 4.78 is 39.9. The molecular weight excluding hydrogens is 303 g/mol. The van der Waals surface area contributed by atoms with Crippen molar-refractivity contribution in [3.63, 3.8) is 0 Å². The summed E-state index contributed by atoms with van der Waals surface area (Å²) in [7, 11) is 0. The number of aliphatic hydroxyl groups excluding tert-OH is 1. The van der Waals surface area contributed by atoms with Crippen LogP contribution in [0.1, 0.15) is 17.2 Å². The fraction of sp³-hybridized carbons (Fsp3) is 0.200. The van der Waals surface area contributed by atoms with Crippen molar-refractivity contribution in [1.29, 1.82) is 0 Å². The minimum Gasteiger partial charge on any atom is -0.387 e. The first-order chi connectivity index (χ1) is 9.99. The molecule has 0 saturated heterocycles. The zero-order chi connectivity index (χ0) is 15.4. The number of nitrogens with one attached hydrogen (secondary N) is 1. The van der Waals surface area contributed by atoms with Crippen LogP contribution in [0.2, 0.25) is 5.02 Å². The van der Waals surface area contributed by atoms with E-state index in [2.05, 4.69) is 5.32 Å². The zero-order valence-corrected chi connectivity index (χ0v) is 11.7. The van der Waals surface area contributed by atoms with Gasteiger partial charge < -0.3 is 10.4 Å². The van der Waals surface area contributed by atoms with Crippen LogP contribution in [0.5, 0.6) is 0 Å². The molecule has 6 heteroatoms. The molecule has 0 amide bonds. The molecule has 112 valence electrons. The number of halogens is 4. The Morgan fingerprint density at radius 1 is 1.05 bits per heavy atom. The van der Waals surface area contributed by atoms with Crippen LogP contribution in [0.4, 0.5) is 13.2 Å². The summed E-state index contributed by atoms with van der Waals surface area (Å²) in [5, 5.41) is 12.7. The lowest BCUT2D eigenvalue weighted by molar-refractivity contribution is 0.164. The highest BCUT2D eigenvalue weighted by molar-refractivity contribution is 6.30. The van der Waals surface area contributed by atoms with E-state index in [1.807, 2.05) is 0 Å². The van der Waals surface area contributed by atoms with Crippen molar-refractivity contribution in [1.82, 2.24) is 5.32 Å². The molecule has 2 aromatic carbocycles. The highest BCUT2D eigenvalue weighted by Crippen LogP contribution is 2.20. The molecule has 2 N–H and O–H groups in total. The molecule has 1 atom stereocenters. The third-order valence-electron chi connectivity index (χ3n) is 2.98. The summed E-state index contributed by atoms with van der Waals surface area (Å²) in [5.74, 6) is -2.11. The fourth-order valence-corrected chi connectivity index (χ4v) is 2.14. The van der Waals surface area contributed by atoms with Crippen LogP contribution < -0.4 is 5.32 Å². The molecule has 0 saturated carbocycles. The molecule has 21 heavy (non-hydrogen) atoms. The van der Waals surface area contributed by atoms with E-state index in [9.17, 15) is 18.3 Å². The SMILES string of the molecule is OC(CNCc1ccc(F)c(Cl)c1)c1c(F)cccc1F. The lowest BCUT2D eigenvalue weighted by Crippen LogP contribution is -2.22. The summed E-state index contributed by atoms with van der Waals surface area (Å²) in [6, 6.07) is 7.61. The second-order valence-corrected chi connectivity index (χ2v) is 4.94. The Labute approximate surface area is 125 Å². The van der Waals surface area contributed by atoms with Gasteiger partial charge in [0.2, 0.25) is 0 Å². The van der Waals surface area contributed by atoms with Crippen LogP contribution >= 0.6 is 11.6 Å². The summed E-state index contributed by atoms with van der Waals surface area (Å²) in [6.45, 7) is 0.236. The molecule has 2 nitrogen and oxygen atoms in total. The minimum absolute atomic E-state index is 0.00463. The van der Waals surface area contributed by atoms with Crippen molar-refractivity contribution in [2.45, 2.75) is 12.6 Å². The molecule has 0 aliphatic rings. The number of hydrogen-bond donors (Lipinski definition) is 2. The molecule has 1 unspecified atom stereocenters. The normalized spacial score (nSPS) is 12.4. The Kier molecular flexibility index (Phi) is 5.22. The fourth-order valence-electron chi connectivity index (χ4n) is 1.93. The van der Waals surface area contributed by atoms with Gasteiger partial charge in [0.05, 0.1) is 16.7 Å². The van der Waals surface area contributed by atoms with Crippen molar-refractivity contribution in [2.24, 2.45) is 0 Å². The Balaban J connectivity index is 1.95. The smallest absolute Gasteiger partial charge is 0.141 e. The quantitative estimate of drug-likeness (QED) is 0.884. The van der Waals surface area contributed by atoms with Crippen molar-refractivity contribution in [3.05, 3.63) is 70.0 Å². The molecule has 0 radical (unpaired) electrons. The van der Waals surface area contributed by atoms with Crippen LogP contribution in [0.25, 0.3) is 0 Å². The zero-order valence-electron chi connectivity index (χ0n) is 10.9. The molecule has 0 heterocycles. The molecular formula is C15H13ClF3NO. The average molecular weight is 316 g/mol. The molecule has 2 aromatic rings. The molecule has 0 bridgehead atoms. The standard InChI is InChI=1S/C15H13ClF3NO/c16-10-6-9(4-5-11(10)17)7-20-8-14(21)15-12(18)2-1-3-13(15)19/h1-6,14,20-21H,7-8H2. The van der Waals surface area contributed by atoms with Crippen LogP contribution in [0.3, 0.4) is 0 Å². The molecule has 0 spiro atoms. The van der Waals surface area contributed by atoms with E-state index in [-0.39, 0.29) is 23.7 Å². The Bertz CT molecular complexity index is 616. The first kappa shape index (κ1) is 15.8. The maximum absolute atomic E-state index is 13.5. The van der Waals surface area contributed by atoms with Gasteiger partial charge in [0, 0.05) is 13.1 Å². The van der Waals surface area contributed by atoms with Crippen molar-refractivity contribution < 1.29 is 18.3 Å². The Hall–Kier alpha value is -1.56. The lowest BCUT2D eigenvalue weighted by Gasteiger charge is -2.14. The predicted molar refractivity (Wildman–Crippen MR) is 74.4 cm³/mol. The van der Waals surface area contributed by atoms with Crippen molar-refractivity contribution >= 4 is 11.6 Å². The highest BCUT2D eigenvalue weighted by Gasteiger charge is 2.17. The lowest BCUT2D eigenvalue weighted by atomic mass is 10.1. The summed E-state index contributed by atoms with van der Waals surface area (Å²) >= 11 is 5.64. The third-order valence-corrected chi connectivity index (χ3v) is 3.27. The number of rotatable bonds is 5.